The lowest BCUT2D eigenvalue weighted by molar-refractivity contribution is -0.148. The summed E-state index contributed by atoms with van der Waals surface area (Å²) in [6.07, 6.45) is -3.16. The number of hydrogen-bond donors (Lipinski definition) is 0. The van der Waals surface area contributed by atoms with E-state index in [1.165, 1.54) is 0 Å². The normalized spacial score (nSPS) is 16.3. The predicted molar refractivity (Wildman–Crippen MR) is 86.5 cm³/mol. The summed E-state index contributed by atoms with van der Waals surface area (Å²) in [7, 11) is 1.16. The lowest BCUT2D eigenvalue weighted by atomic mass is 10.2. The SMILES string of the molecule is CCOC(=O)N1C(c2ccccc2)=NC(C(=O)OC)N1C(=O)OCC. The summed E-state index contributed by atoms with van der Waals surface area (Å²) >= 11 is 0. The van der Waals surface area contributed by atoms with Gasteiger partial charge in [-0.05, 0) is 13.8 Å². The van der Waals surface area contributed by atoms with Crippen LogP contribution in [0.4, 0.5) is 9.59 Å². The number of nitrogens with zero attached hydrogens (tertiary/aromatic N) is 3. The van der Waals surface area contributed by atoms with Gasteiger partial charge in [-0.15, -0.1) is 0 Å². The molecular weight excluding hydrogens is 330 g/mol. The Morgan fingerprint density at radius 3 is 2.20 bits per heavy atom. The van der Waals surface area contributed by atoms with E-state index in [0.29, 0.717) is 5.56 Å². The fraction of sp³-hybridized carbons (Fsp3) is 0.375. The summed E-state index contributed by atoms with van der Waals surface area (Å²) < 4.78 is 14.6. The molecule has 0 spiro atoms. The van der Waals surface area contributed by atoms with Gasteiger partial charge in [-0.1, -0.05) is 30.3 Å². The van der Waals surface area contributed by atoms with Gasteiger partial charge in [0.25, 0.3) is 0 Å². The van der Waals surface area contributed by atoms with Gasteiger partial charge in [0.2, 0.25) is 6.17 Å². The zero-order valence-corrected chi connectivity index (χ0v) is 14.2. The fourth-order valence-electron chi connectivity index (χ4n) is 2.21. The molecule has 0 aromatic heterocycles. The summed E-state index contributed by atoms with van der Waals surface area (Å²) in [5.74, 6) is -0.726. The Balaban J connectivity index is 2.52. The summed E-state index contributed by atoms with van der Waals surface area (Å²) in [6.45, 7) is 3.37. The average molecular weight is 349 g/mol. The number of carbonyl (C=O) groups is 3. The molecule has 9 nitrogen and oxygen atoms in total. The van der Waals surface area contributed by atoms with E-state index in [4.69, 9.17) is 14.2 Å². The molecule has 1 aliphatic heterocycles. The van der Waals surface area contributed by atoms with Crippen LogP contribution >= 0.6 is 0 Å². The Morgan fingerprint density at radius 1 is 1.04 bits per heavy atom. The smallest absolute Gasteiger partial charge is 0.435 e. The number of esters is 1. The van der Waals surface area contributed by atoms with Gasteiger partial charge in [-0.2, -0.15) is 10.0 Å². The Hall–Kier alpha value is -3.10. The molecule has 9 heteroatoms. The van der Waals surface area contributed by atoms with Crippen LogP contribution in [0.15, 0.2) is 35.3 Å². The van der Waals surface area contributed by atoms with Gasteiger partial charge in [0, 0.05) is 5.56 Å². The van der Waals surface area contributed by atoms with Crippen molar-refractivity contribution in [1.29, 1.82) is 0 Å². The minimum absolute atomic E-state index is 0.0561. The van der Waals surface area contributed by atoms with Crippen molar-refractivity contribution in [2.75, 3.05) is 20.3 Å². The summed E-state index contributed by atoms with van der Waals surface area (Å²) in [5.41, 5.74) is 0.524. The topological polar surface area (TPSA) is 97.7 Å². The van der Waals surface area contributed by atoms with Crippen LogP contribution in [-0.4, -0.2) is 60.5 Å². The molecule has 1 aromatic carbocycles. The minimum Gasteiger partial charge on any atom is -0.466 e. The molecule has 134 valence electrons. The Labute approximate surface area is 144 Å². The van der Waals surface area contributed by atoms with Crippen molar-refractivity contribution in [2.45, 2.75) is 20.0 Å². The van der Waals surface area contributed by atoms with Gasteiger partial charge in [0.15, 0.2) is 5.84 Å². The Morgan fingerprint density at radius 2 is 1.64 bits per heavy atom. The number of amidine groups is 1. The highest BCUT2D eigenvalue weighted by molar-refractivity contribution is 6.10. The van der Waals surface area contributed by atoms with Gasteiger partial charge >= 0.3 is 18.2 Å². The molecule has 1 aromatic rings. The maximum atomic E-state index is 12.4. The van der Waals surface area contributed by atoms with Crippen LogP contribution in [0.3, 0.4) is 0 Å². The fourth-order valence-corrected chi connectivity index (χ4v) is 2.21. The van der Waals surface area contributed by atoms with Gasteiger partial charge < -0.3 is 14.2 Å². The third-order valence-electron chi connectivity index (χ3n) is 3.23. The van der Waals surface area contributed by atoms with E-state index in [1.54, 1.807) is 44.2 Å². The molecule has 0 saturated carbocycles. The third-order valence-corrected chi connectivity index (χ3v) is 3.23. The molecule has 2 rings (SSSR count). The number of benzene rings is 1. The zero-order chi connectivity index (χ0) is 18.4. The molecule has 0 aliphatic carbocycles. The lowest BCUT2D eigenvalue weighted by Crippen LogP contribution is -2.54. The third kappa shape index (κ3) is 3.70. The zero-order valence-electron chi connectivity index (χ0n) is 14.2. The predicted octanol–water partition coefficient (Wildman–Crippen LogP) is 1.78. The van der Waals surface area contributed by atoms with Gasteiger partial charge in [-0.3, -0.25) is 0 Å². The molecule has 2 amide bonds. The molecule has 1 heterocycles. The quantitative estimate of drug-likeness (QED) is 0.607. The first-order valence-electron chi connectivity index (χ1n) is 7.68. The molecule has 1 atom stereocenters. The summed E-state index contributed by atoms with van der Waals surface area (Å²) in [5, 5.41) is 1.67. The Kier molecular flexibility index (Phi) is 5.93. The highest BCUT2D eigenvalue weighted by atomic mass is 16.6. The van der Waals surface area contributed by atoms with E-state index in [9.17, 15) is 14.4 Å². The maximum Gasteiger partial charge on any atom is 0.435 e. The van der Waals surface area contributed by atoms with E-state index in [-0.39, 0.29) is 19.0 Å². The van der Waals surface area contributed by atoms with E-state index in [0.717, 1.165) is 17.1 Å². The monoisotopic (exact) mass is 349 g/mol. The van der Waals surface area contributed by atoms with Crippen molar-refractivity contribution in [1.82, 2.24) is 10.0 Å². The van der Waals surface area contributed by atoms with Crippen LogP contribution in [0, 0.1) is 0 Å². The van der Waals surface area contributed by atoms with Gasteiger partial charge in [0.1, 0.15) is 0 Å². The summed E-state index contributed by atoms with van der Waals surface area (Å²) in [4.78, 5) is 41.0. The minimum atomic E-state index is -1.39. The number of hydrazine groups is 1. The van der Waals surface area contributed by atoms with Crippen molar-refractivity contribution in [3.05, 3.63) is 35.9 Å². The lowest BCUT2D eigenvalue weighted by Gasteiger charge is -2.29. The number of aliphatic imine (C=N–C) groups is 1. The van der Waals surface area contributed by atoms with Crippen LogP contribution in [0.2, 0.25) is 0 Å². The van der Waals surface area contributed by atoms with Crippen LogP contribution in [0.5, 0.6) is 0 Å². The first-order chi connectivity index (χ1) is 12.0. The standard InChI is InChI=1S/C16H19N3O6/c1-4-24-15(21)18-12(11-9-7-6-8-10-11)17-13(14(20)23-3)19(18)16(22)25-5-2/h6-10,13H,4-5H2,1-3H3. The number of hydrogen-bond acceptors (Lipinski definition) is 7. The second kappa shape index (κ2) is 8.13. The molecule has 0 bridgehead atoms. The first-order valence-corrected chi connectivity index (χ1v) is 7.68. The number of methoxy groups -OCH3 is 1. The van der Waals surface area contributed by atoms with Crippen molar-refractivity contribution >= 4 is 24.0 Å². The Bertz CT molecular complexity index is 676. The molecule has 0 radical (unpaired) electrons. The van der Waals surface area contributed by atoms with E-state index < -0.39 is 24.3 Å². The van der Waals surface area contributed by atoms with Crippen molar-refractivity contribution in [3.63, 3.8) is 0 Å². The molecule has 1 aliphatic rings. The van der Waals surface area contributed by atoms with E-state index >= 15 is 0 Å². The average Bonchev–Trinajstić information content (AvgIpc) is 3.03. The first kappa shape index (κ1) is 18.2. The molecular formula is C16H19N3O6. The number of rotatable bonds is 4. The molecule has 0 fully saturated rings. The largest absolute Gasteiger partial charge is 0.466 e. The van der Waals surface area contributed by atoms with Gasteiger partial charge in [-0.25, -0.2) is 19.4 Å². The van der Waals surface area contributed by atoms with E-state index in [2.05, 4.69) is 4.99 Å². The molecule has 25 heavy (non-hydrogen) atoms. The van der Waals surface area contributed by atoms with Crippen molar-refractivity contribution in [2.24, 2.45) is 4.99 Å². The van der Waals surface area contributed by atoms with Crippen LogP contribution in [0.25, 0.3) is 0 Å². The highest BCUT2D eigenvalue weighted by Gasteiger charge is 2.47. The molecule has 0 saturated heterocycles. The van der Waals surface area contributed by atoms with Gasteiger partial charge in [0.05, 0.1) is 20.3 Å². The van der Waals surface area contributed by atoms with Crippen molar-refractivity contribution in [3.8, 4) is 0 Å². The molecule has 1 unspecified atom stereocenters. The van der Waals surface area contributed by atoms with Crippen LogP contribution < -0.4 is 0 Å². The number of ether oxygens (including phenoxy) is 3. The van der Waals surface area contributed by atoms with Crippen LogP contribution in [0.1, 0.15) is 19.4 Å². The van der Waals surface area contributed by atoms with E-state index in [1.807, 2.05) is 0 Å². The number of amides is 2. The summed E-state index contributed by atoms with van der Waals surface area (Å²) in [6, 6.07) is 8.64. The maximum absolute atomic E-state index is 12.4. The molecule has 0 N–H and O–H groups in total. The second-order valence-electron chi connectivity index (χ2n) is 4.77. The second-order valence-corrected chi connectivity index (χ2v) is 4.77. The van der Waals surface area contributed by atoms with Crippen LogP contribution in [-0.2, 0) is 19.0 Å². The highest BCUT2D eigenvalue weighted by Crippen LogP contribution is 2.24. The van der Waals surface area contributed by atoms with Crippen molar-refractivity contribution < 1.29 is 28.6 Å². The number of carbonyl (C=O) groups excluding carboxylic acids is 3.